The summed E-state index contributed by atoms with van der Waals surface area (Å²) in [5, 5.41) is 7.08. The van der Waals surface area contributed by atoms with Gasteiger partial charge < -0.3 is 9.73 Å². The van der Waals surface area contributed by atoms with E-state index < -0.39 is 17.9 Å². The maximum absolute atomic E-state index is 12.7. The van der Waals surface area contributed by atoms with E-state index in [1.54, 1.807) is 30.3 Å². The van der Waals surface area contributed by atoms with Crippen LogP contribution in [-0.2, 0) is 4.79 Å². The van der Waals surface area contributed by atoms with Gasteiger partial charge in [0.05, 0.1) is 16.8 Å². The fraction of sp³-hybridized carbons (Fsp3) is 0.240. The highest BCUT2D eigenvalue weighted by atomic mass is 79.9. The van der Waals surface area contributed by atoms with E-state index in [1.165, 1.54) is 6.21 Å². The van der Waals surface area contributed by atoms with Gasteiger partial charge in [-0.2, -0.15) is 5.10 Å². The first kappa shape index (κ1) is 24.7. The summed E-state index contributed by atoms with van der Waals surface area (Å²) in [7, 11) is 0. The summed E-state index contributed by atoms with van der Waals surface area (Å²) < 4.78 is 6.75. The first-order chi connectivity index (χ1) is 15.7. The summed E-state index contributed by atoms with van der Waals surface area (Å²) in [6, 6.07) is 15.5. The van der Waals surface area contributed by atoms with Gasteiger partial charge in [0.15, 0.2) is 0 Å². The Morgan fingerprint density at radius 2 is 1.91 bits per heavy atom. The van der Waals surface area contributed by atoms with Crippen molar-refractivity contribution in [3.63, 3.8) is 0 Å². The predicted octanol–water partition coefficient (Wildman–Crippen LogP) is 5.97. The summed E-state index contributed by atoms with van der Waals surface area (Å²) >= 11 is 9.65. The van der Waals surface area contributed by atoms with Crippen molar-refractivity contribution >= 4 is 45.6 Å². The van der Waals surface area contributed by atoms with Gasteiger partial charge in [0.1, 0.15) is 17.6 Å². The Bertz CT molecular complexity index is 1170. The highest BCUT2D eigenvalue weighted by Gasteiger charge is 2.23. The number of carbonyl (C=O) groups excluding carboxylic acids is 2. The zero-order chi connectivity index (χ0) is 24.0. The minimum atomic E-state index is -0.762. The van der Waals surface area contributed by atoms with Gasteiger partial charge in [0.2, 0.25) is 0 Å². The predicted molar refractivity (Wildman–Crippen MR) is 134 cm³/mol. The van der Waals surface area contributed by atoms with E-state index in [2.05, 4.69) is 31.8 Å². The van der Waals surface area contributed by atoms with E-state index in [-0.39, 0.29) is 5.92 Å². The fourth-order valence-corrected chi connectivity index (χ4v) is 4.12. The number of furan rings is 1. The van der Waals surface area contributed by atoms with Gasteiger partial charge in [-0.25, -0.2) is 5.43 Å². The molecule has 1 heterocycles. The third-order valence-electron chi connectivity index (χ3n) is 4.83. The third-order valence-corrected chi connectivity index (χ3v) is 5.82. The van der Waals surface area contributed by atoms with Gasteiger partial charge in [-0.15, -0.1) is 0 Å². The lowest BCUT2D eigenvalue weighted by Gasteiger charge is -2.19. The monoisotopic (exact) mass is 529 g/mol. The molecule has 0 saturated heterocycles. The molecule has 0 aliphatic rings. The van der Waals surface area contributed by atoms with Gasteiger partial charge in [0.25, 0.3) is 11.8 Å². The lowest BCUT2D eigenvalue weighted by Crippen LogP contribution is -2.46. The Morgan fingerprint density at radius 3 is 2.61 bits per heavy atom. The molecule has 0 saturated carbocycles. The van der Waals surface area contributed by atoms with Gasteiger partial charge in [0, 0.05) is 10.0 Å². The average molecular weight is 531 g/mol. The van der Waals surface area contributed by atoms with Crippen LogP contribution in [0.1, 0.15) is 41.9 Å². The molecular weight excluding hydrogens is 506 g/mol. The molecule has 172 valence electrons. The molecule has 0 aliphatic carbocycles. The molecule has 0 bridgehead atoms. The van der Waals surface area contributed by atoms with Gasteiger partial charge >= 0.3 is 0 Å². The van der Waals surface area contributed by atoms with E-state index in [0.29, 0.717) is 28.5 Å². The van der Waals surface area contributed by atoms with E-state index in [4.69, 9.17) is 16.0 Å². The topological polar surface area (TPSA) is 83.7 Å². The molecule has 2 amide bonds. The Kier molecular flexibility index (Phi) is 8.47. The van der Waals surface area contributed by atoms with Crippen molar-refractivity contribution in [1.29, 1.82) is 0 Å². The van der Waals surface area contributed by atoms with Crippen molar-refractivity contribution in [2.75, 3.05) is 0 Å². The van der Waals surface area contributed by atoms with Crippen molar-refractivity contribution < 1.29 is 14.0 Å². The molecule has 0 unspecified atom stereocenters. The molecule has 3 aromatic rings. The molecule has 8 heteroatoms. The number of hydrogen-bond acceptors (Lipinski definition) is 4. The highest BCUT2D eigenvalue weighted by Crippen LogP contribution is 2.30. The van der Waals surface area contributed by atoms with E-state index in [0.717, 1.165) is 15.6 Å². The van der Waals surface area contributed by atoms with E-state index in [9.17, 15) is 9.59 Å². The van der Waals surface area contributed by atoms with Gasteiger partial charge in [-0.05, 0) is 61.2 Å². The second-order valence-corrected chi connectivity index (χ2v) is 9.32. The maximum atomic E-state index is 12.7. The molecule has 0 radical (unpaired) electrons. The van der Waals surface area contributed by atoms with Crippen LogP contribution in [-0.4, -0.2) is 24.1 Å². The Hall–Kier alpha value is -2.90. The van der Waals surface area contributed by atoms with Crippen LogP contribution in [0.25, 0.3) is 11.3 Å². The lowest BCUT2D eigenvalue weighted by atomic mass is 10.0. The number of nitrogens with one attached hydrogen (secondary N) is 2. The van der Waals surface area contributed by atoms with Crippen LogP contribution in [0.5, 0.6) is 0 Å². The molecule has 0 fully saturated rings. The second-order valence-electron chi connectivity index (χ2n) is 8.06. The molecule has 33 heavy (non-hydrogen) atoms. The van der Waals surface area contributed by atoms with Gasteiger partial charge in [-0.3, -0.25) is 9.59 Å². The van der Waals surface area contributed by atoms with Crippen LogP contribution in [0.2, 0.25) is 5.02 Å². The summed E-state index contributed by atoms with van der Waals surface area (Å²) in [5.41, 5.74) is 4.86. The lowest BCUT2D eigenvalue weighted by molar-refractivity contribution is -0.123. The number of hydrogen-bond donors (Lipinski definition) is 2. The molecule has 1 atom stereocenters. The number of rotatable bonds is 8. The van der Waals surface area contributed by atoms with Crippen molar-refractivity contribution in [3.05, 3.63) is 81.0 Å². The van der Waals surface area contributed by atoms with E-state index >= 15 is 0 Å². The van der Waals surface area contributed by atoms with Crippen LogP contribution < -0.4 is 10.7 Å². The van der Waals surface area contributed by atoms with Crippen LogP contribution in [0.4, 0.5) is 0 Å². The SMILES string of the molecule is Cc1ccc(-c2ccc(/C=N\NC(=O)[C@H](CC(C)C)NC(=O)c3ccccc3Cl)o2)c(Br)c1. The maximum Gasteiger partial charge on any atom is 0.262 e. The third kappa shape index (κ3) is 6.79. The molecular formula is C25H25BrClN3O3. The van der Waals surface area contributed by atoms with Gasteiger partial charge in [-0.1, -0.05) is 59.6 Å². The number of benzene rings is 2. The molecule has 1 aromatic heterocycles. The zero-order valence-electron chi connectivity index (χ0n) is 18.6. The average Bonchev–Trinajstić information content (AvgIpc) is 3.21. The van der Waals surface area contributed by atoms with Crippen LogP contribution in [0.15, 0.2) is 68.6 Å². The summed E-state index contributed by atoms with van der Waals surface area (Å²) in [4.78, 5) is 25.3. The Balaban J connectivity index is 1.66. The summed E-state index contributed by atoms with van der Waals surface area (Å²) in [6.45, 7) is 5.96. The molecule has 6 nitrogen and oxygen atoms in total. The van der Waals surface area contributed by atoms with Crippen molar-refractivity contribution in [2.45, 2.75) is 33.2 Å². The normalized spacial score (nSPS) is 12.2. The van der Waals surface area contributed by atoms with Crippen LogP contribution in [0.3, 0.4) is 0 Å². The molecule has 0 spiro atoms. The molecule has 0 aliphatic heterocycles. The van der Waals surface area contributed by atoms with Crippen molar-refractivity contribution in [1.82, 2.24) is 10.7 Å². The number of nitrogens with zero attached hydrogens (tertiary/aromatic N) is 1. The smallest absolute Gasteiger partial charge is 0.262 e. The first-order valence-corrected chi connectivity index (χ1v) is 11.7. The molecule has 3 rings (SSSR count). The first-order valence-electron chi connectivity index (χ1n) is 10.5. The minimum Gasteiger partial charge on any atom is -0.455 e. The second kappa shape index (κ2) is 11.3. The zero-order valence-corrected chi connectivity index (χ0v) is 20.9. The van der Waals surface area contributed by atoms with Crippen LogP contribution in [0, 0.1) is 12.8 Å². The number of aryl methyl sites for hydroxylation is 1. The standard InChI is InChI=1S/C25H25BrClN3O3/c1-15(2)12-22(29-24(31)19-6-4-5-7-21(19)27)25(32)30-28-14-17-9-11-23(33-17)18-10-8-16(3)13-20(18)26/h4-11,13-15,22H,12H2,1-3H3,(H,29,31)(H,30,32)/b28-14-/t22-/m0/s1. The van der Waals surface area contributed by atoms with Crippen molar-refractivity contribution in [2.24, 2.45) is 11.0 Å². The largest absolute Gasteiger partial charge is 0.455 e. The number of amides is 2. The number of halogens is 2. The highest BCUT2D eigenvalue weighted by molar-refractivity contribution is 9.10. The summed E-state index contributed by atoms with van der Waals surface area (Å²) in [5.74, 6) is 0.507. The number of carbonyl (C=O) groups is 2. The van der Waals surface area contributed by atoms with E-state index in [1.807, 2.05) is 45.0 Å². The summed E-state index contributed by atoms with van der Waals surface area (Å²) in [6.07, 6.45) is 1.87. The quantitative estimate of drug-likeness (QED) is 0.278. The van der Waals surface area contributed by atoms with Crippen LogP contribution >= 0.6 is 27.5 Å². The Labute approximate surface area is 206 Å². The molecule has 2 aromatic carbocycles. The fourth-order valence-electron chi connectivity index (χ4n) is 3.21. The molecule has 2 N–H and O–H groups in total. The number of hydrazone groups is 1. The van der Waals surface area contributed by atoms with Crippen molar-refractivity contribution in [3.8, 4) is 11.3 Å². The minimum absolute atomic E-state index is 0.178. The Morgan fingerprint density at radius 1 is 1.15 bits per heavy atom.